The third kappa shape index (κ3) is 6.44. The Hall–Kier alpha value is -0.260. The van der Waals surface area contributed by atoms with Crippen LogP contribution in [-0.2, 0) is 4.74 Å². The summed E-state index contributed by atoms with van der Waals surface area (Å²) in [5, 5.41) is 21.1. The minimum Gasteiger partial charge on any atom is -0.501 e. The summed E-state index contributed by atoms with van der Waals surface area (Å²) in [5.74, 6) is 1.05. The number of ether oxygens (including phenoxy) is 1. The van der Waals surface area contributed by atoms with E-state index in [1.54, 1.807) is 0 Å². The van der Waals surface area contributed by atoms with Crippen molar-refractivity contribution in [1.82, 2.24) is 0 Å². The predicted molar refractivity (Wildman–Crippen MR) is 115 cm³/mol. The molecule has 0 amide bonds. The Morgan fingerprint density at radius 3 is 1.36 bits per heavy atom. The fraction of sp³-hybridized carbons (Fsp3) is 0.900. The van der Waals surface area contributed by atoms with E-state index in [2.05, 4.69) is 55.4 Å². The summed E-state index contributed by atoms with van der Waals surface area (Å²) in [6.45, 7) is 17.1. The molecule has 1 unspecified atom stereocenters. The molecule has 3 nitrogen and oxygen atoms in total. The maximum atomic E-state index is 10.7. The number of hydrogen-bond acceptors (Lipinski definition) is 3. The fourth-order valence-electron chi connectivity index (χ4n) is 3.78. The van der Waals surface area contributed by atoms with E-state index >= 15 is 0 Å². The van der Waals surface area contributed by atoms with E-state index in [4.69, 9.17) is 29.2 Å². The van der Waals surface area contributed by atoms with Gasteiger partial charge in [-0.3, -0.25) is 0 Å². The molecule has 0 aromatic carbocycles. The van der Waals surface area contributed by atoms with Crippen LogP contribution in [0.4, 0.5) is 0 Å². The summed E-state index contributed by atoms with van der Waals surface area (Å²) in [5.41, 5.74) is -2.03. The second-order valence-electron chi connectivity index (χ2n) is 9.02. The number of thiocarbonyl (C=S) groups is 2. The molecule has 0 aliphatic carbocycles. The lowest BCUT2D eigenvalue weighted by Gasteiger charge is -2.50. The van der Waals surface area contributed by atoms with E-state index in [1.807, 2.05) is 0 Å². The first-order valence-electron chi connectivity index (χ1n) is 9.41. The molecular formula is C20H38O3S2. The molecule has 0 saturated carbocycles. The molecule has 5 heteroatoms. The summed E-state index contributed by atoms with van der Waals surface area (Å²) in [6.07, 6.45) is 1.76. The molecule has 0 heterocycles. The number of hydrogen-bond donors (Lipinski definition) is 2. The van der Waals surface area contributed by atoms with Crippen molar-refractivity contribution in [3.63, 3.8) is 0 Å². The van der Waals surface area contributed by atoms with Crippen LogP contribution in [0.1, 0.15) is 74.7 Å². The van der Waals surface area contributed by atoms with Crippen LogP contribution in [0.3, 0.4) is 0 Å². The number of aliphatic hydroxyl groups is 2. The van der Waals surface area contributed by atoms with Gasteiger partial charge >= 0.3 is 0 Å². The first-order valence-corrected chi connectivity index (χ1v) is 10.2. The van der Waals surface area contributed by atoms with E-state index in [9.17, 15) is 10.2 Å². The van der Waals surface area contributed by atoms with Gasteiger partial charge in [0, 0.05) is 0 Å². The first kappa shape index (κ1) is 24.7. The predicted octanol–water partition coefficient (Wildman–Crippen LogP) is 6.29. The Bertz CT molecular complexity index is 434. The van der Waals surface area contributed by atoms with Gasteiger partial charge in [-0.2, -0.15) is 0 Å². The molecule has 1 atom stereocenters. The van der Waals surface area contributed by atoms with Gasteiger partial charge in [0.2, 0.25) is 0 Å². The third-order valence-electron chi connectivity index (χ3n) is 4.40. The molecule has 2 N–H and O–H groups in total. The smallest absolute Gasteiger partial charge is 0.190 e. The van der Waals surface area contributed by atoms with Crippen LogP contribution < -0.4 is 0 Å². The highest BCUT2D eigenvalue weighted by Gasteiger charge is 2.59. The topological polar surface area (TPSA) is 49.7 Å². The summed E-state index contributed by atoms with van der Waals surface area (Å²) in [7, 11) is 0. The lowest BCUT2D eigenvalue weighted by molar-refractivity contribution is -0.103. The molecular weight excluding hydrogens is 352 g/mol. The highest BCUT2D eigenvalue weighted by atomic mass is 32.1. The van der Waals surface area contributed by atoms with Gasteiger partial charge in [0.15, 0.2) is 10.1 Å². The van der Waals surface area contributed by atoms with Crippen LogP contribution in [0.2, 0.25) is 0 Å². The minimum absolute atomic E-state index is 0.101. The van der Waals surface area contributed by atoms with Crippen molar-refractivity contribution in [2.45, 2.75) is 80.3 Å². The molecule has 0 aromatic heterocycles. The van der Waals surface area contributed by atoms with Gasteiger partial charge in [-0.1, -0.05) is 55.4 Å². The summed E-state index contributed by atoms with van der Waals surface area (Å²) < 4.78 is 6.35. The van der Waals surface area contributed by atoms with Gasteiger partial charge in [-0.05, 0) is 67.4 Å². The highest BCUT2D eigenvalue weighted by molar-refractivity contribution is 7.80. The SMILES string of the molecule is CC(C)COC(CC(C)C)(C(O)=S)C(CC(C)C)(CC(C)C)C(O)=S. The Balaban J connectivity index is 6.52. The summed E-state index contributed by atoms with van der Waals surface area (Å²) in [6, 6.07) is 0. The quantitative estimate of drug-likeness (QED) is 0.383. The van der Waals surface area contributed by atoms with Crippen molar-refractivity contribution < 1.29 is 14.9 Å². The largest absolute Gasteiger partial charge is 0.501 e. The first-order chi connectivity index (χ1) is 11.3. The fourth-order valence-corrected chi connectivity index (χ4v) is 4.45. The van der Waals surface area contributed by atoms with E-state index in [0.29, 0.717) is 25.9 Å². The third-order valence-corrected chi connectivity index (χ3v) is 5.12. The molecule has 0 saturated heterocycles. The van der Waals surface area contributed by atoms with Gasteiger partial charge in [0.1, 0.15) is 5.60 Å². The monoisotopic (exact) mass is 390 g/mol. The van der Waals surface area contributed by atoms with Crippen molar-refractivity contribution >= 4 is 34.5 Å². The summed E-state index contributed by atoms with van der Waals surface area (Å²) >= 11 is 10.7. The highest BCUT2D eigenvalue weighted by Crippen LogP contribution is 2.50. The van der Waals surface area contributed by atoms with Crippen molar-refractivity contribution in [3.05, 3.63) is 0 Å². The molecule has 0 aromatic rings. The van der Waals surface area contributed by atoms with E-state index in [0.717, 1.165) is 0 Å². The molecule has 148 valence electrons. The Kier molecular flexibility index (Phi) is 10.1. The van der Waals surface area contributed by atoms with E-state index in [-0.39, 0.29) is 33.8 Å². The molecule has 0 aliphatic rings. The Labute approximate surface area is 165 Å². The molecule has 25 heavy (non-hydrogen) atoms. The second kappa shape index (κ2) is 10.2. The molecule has 0 bridgehead atoms. The van der Waals surface area contributed by atoms with Gasteiger partial charge in [-0.15, -0.1) is 0 Å². The lowest BCUT2D eigenvalue weighted by atomic mass is 9.61. The van der Waals surface area contributed by atoms with Crippen molar-refractivity contribution in [3.8, 4) is 0 Å². The van der Waals surface area contributed by atoms with Gasteiger partial charge < -0.3 is 14.9 Å². The lowest BCUT2D eigenvalue weighted by Crippen LogP contribution is -2.61. The Morgan fingerprint density at radius 1 is 0.720 bits per heavy atom. The van der Waals surface area contributed by atoms with Gasteiger partial charge in [-0.25, -0.2) is 0 Å². The van der Waals surface area contributed by atoms with Crippen LogP contribution in [0.15, 0.2) is 0 Å². The standard InChI is InChI=1S/C20H38O3S2/c1-13(2)9-19(17(21)24,10-14(3)4)20(18(22)25,11-15(5)6)23-12-16(7)8/h13-16H,9-12H2,1-8H3,(H,21,24)(H,22,25). The number of rotatable bonds is 12. The van der Waals surface area contributed by atoms with Crippen LogP contribution in [0.25, 0.3) is 0 Å². The maximum Gasteiger partial charge on any atom is 0.190 e. The molecule has 0 fully saturated rings. The van der Waals surface area contributed by atoms with E-state index in [1.165, 1.54) is 0 Å². The maximum absolute atomic E-state index is 10.7. The normalized spacial score (nSPS) is 15.2. The van der Waals surface area contributed by atoms with E-state index < -0.39 is 11.0 Å². The molecule has 0 rings (SSSR count). The van der Waals surface area contributed by atoms with Crippen molar-refractivity contribution in [1.29, 1.82) is 0 Å². The summed E-state index contributed by atoms with van der Waals surface area (Å²) in [4.78, 5) is 0. The molecule has 0 spiro atoms. The average molecular weight is 391 g/mol. The zero-order valence-corrected chi connectivity index (χ0v) is 18.9. The molecule has 0 aliphatic heterocycles. The number of aliphatic hydroxyl groups excluding tert-OH is 2. The van der Waals surface area contributed by atoms with Gasteiger partial charge in [0.05, 0.1) is 12.0 Å². The van der Waals surface area contributed by atoms with Crippen molar-refractivity contribution in [2.24, 2.45) is 29.1 Å². The zero-order valence-electron chi connectivity index (χ0n) is 17.3. The Morgan fingerprint density at radius 2 is 1.12 bits per heavy atom. The van der Waals surface area contributed by atoms with Crippen molar-refractivity contribution in [2.75, 3.05) is 6.61 Å². The average Bonchev–Trinajstić information content (AvgIpc) is 2.40. The van der Waals surface area contributed by atoms with Gasteiger partial charge in [0.25, 0.3) is 0 Å². The molecule has 0 radical (unpaired) electrons. The second-order valence-corrected chi connectivity index (χ2v) is 9.79. The minimum atomic E-state index is -1.15. The van der Waals surface area contributed by atoms with Crippen LogP contribution in [0, 0.1) is 29.1 Å². The van der Waals surface area contributed by atoms with Crippen LogP contribution in [-0.4, -0.2) is 32.5 Å². The zero-order chi connectivity index (χ0) is 20.0. The van der Waals surface area contributed by atoms with Crippen LogP contribution >= 0.6 is 24.4 Å². The van der Waals surface area contributed by atoms with Crippen LogP contribution in [0.5, 0.6) is 0 Å².